The first-order valence-electron chi connectivity index (χ1n) is 7.16. The maximum absolute atomic E-state index is 11.9. The molecule has 0 bridgehead atoms. The molecule has 118 valence electrons. The molecule has 3 amide bonds. The number of pyridine rings is 1. The lowest BCUT2D eigenvalue weighted by atomic mass is 10.2. The van der Waals surface area contributed by atoms with Gasteiger partial charge in [0.1, 0.15) is 11.8 Å². The summed E-state index contributed by atoms with van der Waals surface area (Å²) in [6.07, 6.45) is 1.51. The van der Waals surface area contributed by atoms with Crippen molar-refractivity contribution in [2.45, 2.75) is 13.0 Å². The molecular weight excluding hydrogens is 296 g/mol. The van der Waals surface area contributed by atoms with Crippen molar-refractivity contribution in [3.8, 4) is 11.6 Å². The van der Waals surface area contributed by atoms with Gasteiger partial charge in [-0.1, -0.05) is 17.7 Å². The molecule has 7 heteroatoms. The van der Waals surface area contributed by atoms with Crippen LogP contribution in [0, 0.1) is 6.92 Å². The third-order valence-corrected chi connectivity index (χ3v) is 3.34. The minimum absolute atomic E-state index is 0.271. The van der Waals surface area contributed by atoms with Crippen LogP contribution in [0.25, 0.3) is 0 Å². The molecule has 23 heavy (non-hydrogen) atoms. The number of aryl methyl sites for hydroxylation is 1. The molecule has 1 fully saturated rings. The summed E-state index contributed by atoms with van der Waals surface area (Å²) in [5.74, 6) is 0.833. The first-order chi connectivity index (χ1) is 11.1. The number of ether oxygens (including phenoxy) is 1. The molecule has 0 saturated carbocycles. The molecule has 1 aliphatic rings. The van der Waals surface area contributed by atoms with E-state index >= 15 is 0 Å². The fourth-order valence-electron chi connectivity index (χ4n) is 2.08. The van der Waals surface area contributed by atoms with Crippen molar-refractivity contribution < 1.29 is 14.3 Å². The number of amides is 3. The summed E-state index contributed by atoms with van der Waals surface area (Å²) < 4.78 is 5.62. The smallest absolute Gasteiger partial charge is 0.315 e. The quantitative estimate of drug-likeness (QED) is 0.802. The molecule has 0 unspecified atom stereocenters. The van der Waals surface area contributed by atoms with Crippen molar-refractivity contribution in [2.24, 2.45) is 0 Å². The van der Waals surface area contributed by atoms with Crippen LogP contribution in [0.3, 0.4) is 0 Å². The largest absolute Gasteiger partial charge is 0.439 e. The minimum atomic E-state index is -0.578. The Balaban J connectivity index is 1.59. The van der Waals surface area contributed by atoms with Gasteiger partial charge < -0.3 is 20.7 Å². The Morgan fingerprint density at radius 1 is 1.26 bits per heavy atom. The van der Waals surface area contributed by atoms with Gasteiger partial charge in [0.15, 0.2) is 0 Å². The molecule has 2 aromatic rings. The van der Waals surface area contributed by atoms with Crippen molar-refractivity contribution >= 4 is 17.6 Å². The average Bonchev–Trinajstić information content (AvgIpc) is 2.98. The van der Waals surface area contributed by atoms with Gasteiger partial charge in [0, 0.05) is 12.6 Å². The van der Waals surface area contributed by atoms with Crippen molar-refractivity contribution in [1.82, 2.24) is 15.6 Å². The summed E-state index contributed by atoms with van der Waals surface area (Å²) >= 11 is 0. The number of carbonyl (C=O) groups is 2. The van der Waals surface area contributed by atoms with Crippen LogP contribution in [0.15, 0.2) is 42.6 Å². The van der Waals surface area contributed by atoms with Crippen molar-refractivity contribution in [3.63, 3.8) is 0 Å². The van der Waals surface area contributed by atoms with Gasteiger partial charge >= 0.3 is 6.03 Å². The lowest BCUT2D eigenvalue weighted by Crippen LogP contribution is -2.38. The highest BCUT2D eigenvalue weighted by atomic mass is 16.5. The molecule has 1 saturated heterocycles. The van der Waals surface area contributed by atoms with Crippen LogP contribution in [0.2, 0.25) is 0 Å². The Labute approximate surface area is 133 Å². The molecule has 0 radical (unpaired) electrons. The van der Waals surface area contributed by atoms with Crippen molar-refractivity contribution in [2.75, 3.05) is 11.9 Å². The molecular formula is C16H16N4O3. The summed E-state index contributed by atoms with van der Waals surface area (Å²) in [7, 11) is 0. The van der Waals surface area contributed by atoms with Crippen LogP contribution >= 0.6 is 0 Å². The summed E-state index contributed by atoms with van der Waals surface area (Å²) in [5, 5.41) is 7.74. The van der Waals surface area contributed by atoms with Gasteiger partial charge in [0.05, 0.1) is 11.9 Å². The van der Waals surface area contributed by atoms with Crippen LogP contribution in [0.4, 0.5) is 10.5 Å². The monoisotopic (exact) mass is 312 g/mol. The molecule has 1 aliphatic heterocycles. The van der Waals surface area contributed by atoms with Crippen molar-refractivity contribution in [3.05, 3.63) is 48.2 Å². The second kappa shape index (κ2) is 6.35. The number of anilines is 1. The van der Waals surface area contributed by atoms with Gasteiger partial charge in [-0.2, -0.15) is 0 Å². The molecule has 1 aromatic heterocycles. The zero-order chi connectivity index (χ0) is 16.2. The van der Waals surface area contributed by atoms with E-state index in [1.807, 2.05) is 31.2 Å². The second-order valence-corrected chi connectivity index (χ2v) is 5.20. The van der Waals surface area contributed by atoms with E-state index in [9.17, 15) is 9.59 Å². The highest BCUT2D eigenvalue weighted by Gasteiger charge is 2.26. The Kier molecular flexibility index (Phi) is 4.09. The summed E-state index contributed by atoms with van der Waals surface area (Å²) in [5.41, 5.74) is 1.68. The first kappa shape index (κ1) is 14.8. The van der Waals surface area contributed by atoms with E-state index in [-0.39, 0.29) is 18.5 Å². The van der Waals surface area contributed by atoms with Gasteiger partial charge in [-0.3, -0.25) is 4.79 Å². The van der Waals surface area contributed by atoms with Crippen LogP contribution in [-0.2, 0) is 4.79 Å². The zero-order valence-corrected chi connectivity index (χ0v) is 12.5. The number of urea groups is 1. The SMILES string of the molecule is Cc1ccc(Oc2ccc(NC(=O)[C@@H]3CNC(=O)N3)cn2)cc1. The van der Waals surface area contributed by atoms with Crippen molar-refractivity contribution in [1.29, 1.82) is 0 Å². The Morgan fingerprint density at radius 2 is 2.04 bits per heavy atom. The number of hydrogen-bond donors (Lipinski definition) is 3. The standard InChI is InChI=1S/C16H16N4O3/c1-10-2-5-12(6-3-10)23-14-7-4-11(8-17-14)19-15(21)13-9-18-16(22)20-13/h2-8,13H,9H2,1H3,(H,19,21)(H2,18,20,22)/t13-/m0/s1. The molecule has 0 aliphatic carbocycles. The fourth-order valence-corrected chi connectivity index (χ4v) is 2.08. The maximum Gasteiger partial charge on any atom is 0.315 e. The molecule has 3 rings (SSSR count). The van der Waals surface area contributed by atoms with Crippen LogP contribution in [0.1, 0.15) is 5.56 Å². The Hall–Kier alpha value is -3.09. The highest BCUT2D eigenvalue weighted by Crippen LogP contribution is 2.20. The normalized spacial score (nSPS) is 16.4. The zero-order valence-electron chi connectivity index (χ0n) is 12.5. The van der Waals surface area contributed by atoms with E-state index in [1.54, 1.807) is 12.1 Å². The molecule has 3 N–H and O–H groups in total. The first-order valence-corrected chi connectivity index (χ1v) is 7.16. The van der Waals surface area contributed by atoms with Crippen LogP contribution in [-0.4, -0.2) is 29.5 Å². The van der Waals surface area contributed by atoms with E-state index in [0.29, 0.717) is 17.3 Å². The van der Waals surface area contributed by atoms with E-state index in [4.69, 9.17) is 4.74 Å². The third kappa shape index (κ3) is 3.76. The average molecular weight is 312 g/mol. The lowest BCUT2D eigenvalue weighted by Gasteiger charge is -2.10. The number of benzene rings is 1. The van der Waals surface area contributed by atoms with Gasteiger partial charge in [0.2, 0.25) is 11.8 Å². The van der Waals surface area contributed by atoms with E-state index < -0.39 is 6.04 Å². The summed E-state index contributed by atoms with van der Waals surface area (Å²) in [4.78, 5) is 27.1. The van der Waals surface area contributed by atoms with Gasteiger partial charge in [-0.25, -0.2) is 9.78 Å². The van der Waals surface area contributed by atoms with Gasteiger partial charge in [-0.05, 0) is 25.1 Å². The topological polar surface area (TPSA) is 92.4 Å². The van der Waals surface area contributed by atoms with Gasteiger partial charge in [0.25, 0.3) is 0 Å². The predicted octanol–water partition coefficient (Wildman–Crippen LogP) is 1.80. The number of carbonyl (C=O) groups excluding carboxylic acids is 2. The fraction of sp³-hybridized carbons (Fsp3) is 0.188. The highest BCUT2D eigenvalue weighted by molar-refractivity contribution is 5.98. The number of nitrogens with one attached hydrogen (secondary N) is 3. The number of rotatable bonds is 4. The lowest BCUT2D eigenvalue weighted by molar-refractivity contribution is -0.117. The Morgan fingerprint density at radius 3 is 2.65 bits per heavy atom. The number of nitrogens with zero attached hydrogens (tertiary/aromatic N) is 1. The van der Waals surface area contributed by atoms with Crippen LogP contribution < -0.4 is 20.7 Å². The molecule has 1 atom stereocenters. The minimum Gasteiger partial charge on any atom is -0.439 e. The Bertz CT molecular complexity index is 713. The molecule has 7 nitrogen and oxygen atoms in total. The van der Waals surface area contributed by atoms with E-state index in [2.05, 4.69) is 20.9 Å². The van der Waals surface area contributed by atoms with Gasteiger partial charge in [-0.15, -0.1) is 0 Å². The summed E-state index contributed by atoms with van der Waals surface area (Å²) in [6.45, 7) is 2.27. The molecule has 2 heterocycles. The predicted molar refractivity (Wildman–Crippen MR) is 84.4 cm³/mol. The van der Waals surface area contributed by atoms with E-state index in [1.165, 1.54) is 6.20 Å². The second-order valence-electron chi connectivity index (χ2n) is 5.20. The third-order valence-electron chi connectivity index (χ3n) is 3.34. The molecule has 0 spiro atoms. The molecule has 1 aromatic carbocycles. The number of hydrogen-bond acceptors (Lipinski definition) is 4. The van der Waals surface area contributed by atoms with Crippen LogP contribution in [0.5, 0.6) is 11.6 Å². The van der Waals surface area contributed by atoms with E-state index in [0.717, 1.165) is 5.56 Å². The summed E-state index contributed by atoms with van der Waals surface area (Å²) in [6, 6.07) is 10.1. The number of aromatic nitrogens is 1. The maximum atomic E-state index is 11.9.